The SMILES string of the molecule is COC1CC(NCC(C)CCO)C1. The third-order valence-corrected chi connectivity index (χ3v) is 2.81. The number of hydrogen-bond donors (Lipinski definition) is 2. The van der Waals surface area contributed by atoms with Gasteiger partial charge in [0.2, 0.25) is 0 Å². The van der Waals surface area contributed by atoms with E-state index in [0.29, 0.717) is 24.7 Å². The average Bonchev–Trinajstić information content (AvgIpc) is 2.02. The summed E-state index contributed by atoms with van der Waals surface area (Å²) in [7, 11) is 1.77. The molecule has 1 unspecified atom stereocenters. The van der Waals surface area contributed by atoms with Gasteiger partial charge in [0.15, 0.2) is 0 Å². The standard InChI is InChI=1S/C10H21NO2/c1-8(3-4-12)7-11-9-5-10(6-9)13-2/h8-12H,3-7H2,1-2H3. The summed E-state index contributed by atoms with van der Waals surface area (Å²) in [5.41, 5.74) is 0. The Morgan fingerprint density at radius 2 is 2.23 bits per heavy atom. The molecule has 1 rings (SSSR count). The number of nitrogens with one attached hydrogen (secondary N) is 1. The van der Waals surface area contributed by atoms with Crippen LogP contribution in [-0.2, 0) is 4.74 Å². The van der Waals surface area contributed by atoms with Crippen LogP contribution in [-0.4, -0.2) is 37.5 Å². The van der Waals surface area contributed by atoms with Gasteiger partial charge in [-0.15, -0.1) is 0 Å². The van der Waals surface area contributed by atoms with Crippen LogP contribution in [0.3, 0.4) is 0 Å². The number of aliphatic hydroxyl groups is 1. The van der Waals surface area contributed by atoms with E-state index in [0.717, 1.165) is 25.8 Å². The Morgan fingerprint density at radius 1 is 1.54 bits per heavy atom. The van der Waals surface area contributed by atoms with Crippen LogP contribution in [0.2, 0.25) is 0 Å². The van der Waals surface area contributed by atoms with E-state index in [1.807, 2.05) is 0 Å². The first kappa shape index (κ1) is 11.0. The van der Waals surface area contributed by atoms with Gasteiger partial charge in [0.1, 0.15) is 0 Å². The summed E-state index contributed by atoms with van der Waals surface area (Å²) >= 11 is 0. The number of ether oxygens (including phenoxy) is 1. The fourth-order valence-corrected chi connectivity index (χ4v) is 1.62. The van der Waals surface area contributed by atoms with Crippen molar-refractivity contribution in [1.82, 2.24) is 5.32 Å². The Morgan fingerprint density at radius 3 is 2.77 bits per heavy atom. The highest BCUT2D eigenvalue weighted by Gasteiger charge is 2.28. The van der Waals surface area contributed by atoms with Crippen molar-refractivity contribution in [3.8, 4) is 0 Å². The third-order valence-electron chi connectivity index (χ3n) is 2.81. The van der Waals surface area contributed by atoms with Crippen molar-refractivity contribution < 1.29 is 9.84 Å². The van der Waals surface area contributed by atoms with E-state index in [1.165, 1.54) is 0 Å². The third kappa shape index (κ3) is 3.63. The van der Waals surface area contributed by atoms with Crippen LogP contribution in [0, 0.1) is 5.92 Å². The van der Waals surface area contributed by atoms with Gasteiger partial charge in [-0.05, 0) is 31.7 Å². The second-order valence-corrected chi connectivity index (χ2v) is 4.05. The van der Waals surface area contributed by atoms with E-state index in [4.69, 9.17) is 9.84 Å². The maximum Gasteiger partial charge on any atom is 0.0601 e. The van der Waals surface area contributed by atoms with Crippen molar-refractivity contribution in [2.45, 2.75) is 38.3 Å². The highest BCUT2D eigenvalue weighted by Crippen LogP contribution is 2.22. The molecule has 0 aliphatic heterocycles. The van der Waals surface area contributed by atoms with E-state index in [9.17, 15) is 0 Å². The first-order valence-electron chi connectivity index (χ1n) is 5.13. The van der Waals surface area contributed by atoms with Gasteiger partial charge >= 0.3 is 0 Å². The molecule has 0 spiro atoms. The van der Waals surface area contributed by atoms with Crippen molar-refractivity contribution in [2.24, 2.45) is 5.92 Å². The fourth-order valence-electron chi connectivity index (χ4n) is 1.62. The van der Waals surface area contributed by atoms with Gasteiger partial charge in [0.25, 0.3) is 0 Å². The first-order valence-corrected chi connectivity index (χ1v) is 5.13. The Bertz CT molecular complexity index is 135. The van der Waals surface area contributed by atoms with Crippen molar-refractivity contribution in [2.75, 3.05) is 20.3 Å². The van der Waals surface area contributed by atoms with Crippen molar-refractivity contribution >= 4 is 0 Å². The van der Waals surface area contributed by atoms with E-state index in [-0.39, 0.29) is 0 Å². The van der Waals surface area contributed by atoms with E-state index in [1.54, 1.807) is 7.11 Å². The molecule has 0 aromatic rings. The predicted molar refractivity (Wildman–Crippen MR) is 52.7 cm³/mol. The van der Waals surface area contributed by atoms with Gasteiger partial charge in [-0.2, -0.15) is 0 Å². The molecule has 0 amide bonds. The average molecular weight is 187 g/mol. The van der Waals surface area contributed by atoms with Crippen LogP contribution in [0.25, 0.3) is 0 Å². The molecule has 0 heterocycles. The minimum atomic E-state index is 0.300. The minimum absolute atomic E-state index is 0.300. The molecule has 0 bridgehead atoms. The maximum absolute atomic E-state index is 8.71. The summed E-state index contributed by atoms with van der Waals surface area (Å²) in [5, 5.41) is 12.2. The maximum atomic E-state index is 8.71. The number of rotatable bonds is 6. The first-order chi connectivity index (χ1) is 6.26. The molecule has 1 atom stereocenters. The normalized spacial score (nSPS) is 29.8. The van der Waals surface area contributed by atoms with E-state index in [2.05, 4.69) is 12.2 Å². The quantitative estimate of drug-likeness (QED) is 0.645. The highest BCUT2D eigenvalue weighted by atomic mass is 16.5. The summed E-state index contributed by atoms with van der Waals surface area (Å²) in [4.78, 5) is 0. The lowest BCUT2D eigenvalue weighted by Gasteiger charge is -2.35. The molecule has 1 aliphatic carbocycles. The zero-order valence-corrected chi connectivity index (χ0v) is 8.62. The van der Waals surface area contributed by atoms with Crippen LogP contribution in [0.4, 0.5) is 0 Å². The van der Waals surface area contributed by atoms with E-state index >= 15 is 0 Å². The second-order valence-electron chi connectivity index (χ2n) is 4.05. The smallest absolute Gasteiger partial charge is 0.0601 e. The number of aliphatic hydroxyl groups excluding tert-OH is 1. The molecular weight excluding hydrogens is 166 g/mol. The van der Waals surface area contributed by atoms with Gasteiger partial charge in [-0.1, -0.05) is 6.92 Å². The largest absolute Gasteiger partial charge is 0.396 e. The molecule has 1 saturated carbocycles. The highest BCUT2D eigenvalue weighted by molar-refractivity contribution is 4.85. The molecule has 2 N–H and O–H groups in total. The number of hydrogen-bond acceptors (Lipinski definition) is 3. The minimum Gasteiger partial charge on any atom is -0.396 e. The zero-order chi connectivity index (χ0) is 9.68. The second kappa shape index (κ2) is 5.58. The molecule has 3 heteroatoms. The molecule has 1 fully saturated rings. The Kier molecular flexibility index (Phi) is 4.70. The molecule has 78 valence electrons. The predicted octanol–water partition coefficient (Wildman–Crippen LogP) is 0.772. The van der Waals surface area contributed by atoms with Gasteiger partial charge in [0, 0.05) is 19.8 Å². The lowest BCUT2D eigenvalue weighted by atomic mass is 9.89. The molecule has 1 aliphatic rings. The lowest BCUT2D eigenvalue weighted by molar-refractivity contribution is 0.0164. The lowest BCUT2D eigenvalue weighted by Crippen LogP contribution is -2.46. The topological polar surface area (TPSA) is 41.5 Å². The molecule has 0 radical (unpaired) electrons. The van der Waals surface area contributed by atoms with Crippen LogP contribution in [0.1, 0.15) is 26.2 Å². The molecule has 0 aromatic heterocycles. The van der Waals surface area contributed by atoms with Crippen molar-refractivity contribution in [1.29, 1.82) is 0 Å². The van der Waals surface area contributed by atoms with Gasteiger partial charge in [-0.25, -0.2) is 0 Å². The number of methoxy groups -OCH3 is 1. The van der Waals surface area contributed by atoms with Gasteiger partial charge in [-0.3, -0.25) is 0 Å². The van der Waals surface area contributed by atoms with Crippen LogP contribution < -0.4 is 5.32 Å². The Balaban J connectivity index is 1.95. The van der Waals surface area contributed by atoms with Crippen molar-refractivity contribution in [3.63, 3.8) is 0 Å². The van der Waals surface area contributed by atoms with Crippen LogP contribution in [0.5, 0.6) is 0 Å². The van der Waals surface area contributed by atoms with Gasteiger partial charge in [0.05, 0.1) is 6.10 Å². The molecule has 0 aromatic carbocycles. The van der Waals surface area contributed by atoms with Gasteiger partial charge < -0.3 is 15.2 Å². The molecule has 3 nitrogen and oxygen atoms in total. The zero-order valence-electron chi connectivity index (χ0n) is 8.62. The monoisotopic (exact) mass is 187 g/mol. The fraction of sp³-hybridized carbons (Fsp3) is 1.00. The summed E-state index contributed by atoms with van der Waals surface area (Å²) in [5.74, 6) is 0.576. The summed E-state index contributed by atoms with van der Waals surface area (Å²) in [6.07, 6.45) is 3.66. The molecule has 13 heavy (non-hydrogen) atoms. The summed E-state index contributed by atoms with van der Waals surface area (Å²) in [6.45, 7) is 3.48. The Labute approximate surface area is 80.5 Å². The molecule has 0 saturated heterocycles. The molecular formula is C10H21NO2. The van der Waals surface area contributed by atoms with E-state index < -0.39 is 0 Å². The Hall–Kier alpha value is -0.120. The summed E-state index contributed by atoms with van der Waals surface area (Å²) in [6, 6.07) is 0.645. The van der Waals surface area contributed by atoms with Crippen molar-refractivity contribution in [3.05, 3.63) is 0 Å². The summed E-state index contributed by atoms with van der Waals surface area (Å²) < 4.78 is 5.19. The van der Waals surface area contributed by atoms with Crippen LogP contribution >= 0.6 is 0 Å². The van der Waals surface area contributed by atoms with Crippen LogP contribution in [0.15, 0.2) is 0 Å².